The highest BCUT2D eigenvalue weighted by atomic mass is 32.1. The Morgan fingerprint density at radius 2 is 2.09 bits per heavy atom. The molecular formula is C18H18N2OS. The summed E-state index contributed by atoms with van der Waals surface area (Å²) < 4.78 is 0. The number of rotatable bonds is 3. The molecule has 0 atom stereocenters. The van der Waals surface area contributed by atoms with Crippen LogP contribution in [0.25, 0.3) is 0 Å². The minimum absolute atomic E-state index is 0.0533. The van der Waals surface area contributed by atoms with Crippen molar-refractivity contribution in [3.05, 3.63) is 57.8 Å². The Balaban J connectivity index is 1.43. The van der Waals surface area contributed by atoms with Crippen LogP contribution in [0.5, 0.6) is 0 Å². The van der Waals surface area contributed by atoms with Gasteiger partial charge in [-0.25, -0.2) is 0 Å². The van der Waals surface area contributed by atoms with Crippen molar-refractivity contribution in [1.29, 1.82) is 0 Å². The summed E-state index contributed by atoms with van der Waals surface area (Å²) in [5.41, 5.74) is 3.57. The molecule has 22 heavy (non-hydrogen) atoms. The van der Waals surface area contributed by atoms with E-state index in [9.17, 15) is 4.79 Å². The lowest BCUT2D eigenvalue weighted by Crippen LogP contribution is -2.30. The topological polar surface area (TPSA) is 32.3 Å². The van der Waals surface area contributed by atoms with Gasteiger partial charge >= 0.3 is 0 Å². The molecule has 3 rings (SSSR count). The normalized spacial score (nSPS) is 13.8. The van der Waals surface area contributed by atoms with Gasteiger partial charge in [-0.05, 0) is 29.0 Å². The van der Waals surface area contributed by atoms with Crippen molar-refractivity contribution in [3.63, 3.8) is 0 Å². The molecule has 0 bridgehead atoms. The second-order valence-corrected chi connectivity index (χ2v) is 6.06. The molecule has 2 aromatic rings. The zero-order chi connectivity index (χ0) is 15.2. The third-order valence-electron chi connectivity index (χ3n) is 3.76. The van der Waals surface area contributed by atoms with Gasteiger partial charge in [0.2, 0.25) is 0 Å². The van der Waals surface area contributed by atoms with Gasteiger partial charge in [-0.15, -0.1) is 0 Å². The summed E-state index contributed by atoms with van der Waals surface area (Å²) in [6.07, 6.45) is 1.09. The molecule has 0 saturated heterocycles. The molecule has 1 N–H and O–H groups in total. The van der Waals surface area contributed by atoms with Crippen molar-refractivity contribution < 1.29 is 4.79 Å². The van der Waals surface area contributed by atoms with E-state index in [4.69, 9.17) is 0 Å². The summed E-state index contributed by atoms with van der Waals surface area (Å²) in [6, 6.07) is 10.4. The van der Waals surface area contributed by atoms with Crippen LogP contribution in [0.4, 0.5) is 0 Å². The summed E-state index contributed by atoms with van der Waals surface area (Å²) in [6.45, 7) is 3.17. The molecule has 0 aliphatic carbocycles. The van der Waals surface area contributed by atoms with Crippen molar-refractivity contribution >= 4 is 17.2 Å². The van der Waals surface area contributed by atoms with Crippen molar-refractivity contribution in [1.82, 2.24) is 10.2 Å². The Kier molecular flexibility index (Phi) is 4.89. The molecule has 0 radical (unpaired) electrons. The van der Waals surface area contributed by atoms with E-state index in [0.717, 1.165) is 26.1 Å². The van der Waals surface area contributed by atoms with Gasteiger partial charge in [0.15, 0.2) is 0 Å². The van der Waals surface area contributed by atoms with E-state index < -0.39 is 0 Å². The smallest absolute Gasteiger partial charge is 0.252 e. The average molecular weight is 310 g/mol. The van der Waals surface area contributed by atoms with Gasteiger partial charge < -0.3 is 5.32 Å². The molecule has 1 aromatic carbocycles. The number of nitrogens with zero attached hydrogens (tertiary/aromatic N) is 1. The van der Waals surface area contributed by atoms with Crippen molar-refractivity contribution in [2.45, 2.75) is 13.0 Å². The standard InChI is InChI=1S/C18H18N2OS/c21-18(17-8-12-22-14-17)19-9-3-4-10-20-11-7-15-5-1-2-6-16(15)13-20/h1-2,5-6,8,12,14H,7,9-11,13H2,(H,19,21). The fraction of sp³-hybridized carbons (Fsp3) is 0.278. The quantitative estimate of drug-likeness (QED) is 0.884. The third-order valence-corrected chi connectivity index (χ3v) is 4.44. The van der Waals surface area contributed by atoms with Crippen LogP contribution in [0.2, 0.25) is 0 Å². The Morgan fingerprint density at radius 1 is 1.23 bits per heavy atom. The van der Waals surface area contributed by atoms with Crippen LogP contribution >= 0.6 is 11.3 Å². The van der Waals surface area contributed by atoms with Crippen LogP contribution < -0.4 is 5.32 Å². The molecule has 2 heterocycles. The minimum Gasteiger partial charge on any atom is -0.341 e. The molecule has 0 saturated carbocycles. The number of carbonyl (C=O) groups excluding carboxylic acids is 1. The average Bonchev–Trinajstić information content (AvgIpc) is 3.09. The van der Waals surface area contributed by atoms with Gasteiger partial charge in [0.1, 0.15) is 0 Å². The molecule has 1 aromatic heterocycles. The largest absolute Gasteiger partial charge is 0.341 e. The van der Waals surface area contributed by atoms with Gasteiger partial charge in [-0.3, -0.25) is 9.69 Å². The maximum absolute atomic E-state index is 11.7. The molecule has 3 nitrogen and oxygen atoms in total. The van der Waals surface area contributed by atoms with E-state index >= 15 is 0 Å². The van der Waals surface area contributed by atoms with E-state index in [1.807, 2.05) is 16.8 Å². The maximum Gasteiger partial charge on any atom is 0.252 e. The van der Waals surface area contributed by atoms with Crippen molar-refractivity contribution in [3.8, 4) is 11.8 Å². The Bertz CT molecular complexity index is 697. The Labute approximate surface area is 135 Å². The lowest BCUT2D eigenvalue weighted by Gasteiger charge is -2.26. The first-order valence-electron chi connectivity index (χ1n) is 7.38. The molecule has 1 aliphatic rings. The summed E-state index contributed by atoms with van der Waals surface area (Å²) in [5.74, 6) is 6.13. The summed E-state index contributed by atoms with van der Waals surface area (Å²) in [7, 11) is 0. The van der Waals surface area contributed by atoms with Gasteiger partial charge in [-0.1, -0.05) is 36.1 Å². The first-order chi connectivity index (χ1) is 10.8. The summed E-state index contributed by atoms with van der Waals surface area (Å²) in [4.78, 5) is 14.1. The van der Waals surface area contributed by atoms with Crippen LogP contribution in [0.1, 0.15) is 21.5 Å². The number of hydrogen-bond donors (Lipinski definition) is 1. The van der Waals surface area contributed by atoms with Gasteiger partial charge in [-0.2, -0.15) is 11.3 Å². The molecule has 4 heteroatoms. The Hall–Kier alpha value is -2.09. The van der Waals surface area contributed by atoms with E-state index in [-0.39, 0.29) is 5.91 Å². The highest BCUT2D eigenvalue weighted by Crippen LogP contribution is 2.17. The van der Waals surface area contributed by atoms with E-state index in [1.165, 1.54) is 22.5 Å². The number of amides is 1. The van der Waals surface area contributed by atoms with Crippen LogP contribution in [0, 0.1) is 11.8 Å². The molecule has 0 spiro atoms. The second-order valence-electron chi connectivity index (χ2n) is 5.28. The van der Waals surface area contributed by atoms with Crippen LogP contribution in [-0.4, -0.2) is 30.4 Å². The lowest BCUT2D eigenvalue weighted by atomic mass is 10.0. The zero-order valence-electron chi connectivity index (χ0n) is 12.3. The fourth-order valence-electron chi connectivity index (χ4n) is 2.54. The Morgan fingerprint density at radius 3 is 2.91 bits per heavy atom. The maximum atomic E-state index is 11.7. The molecule has 1 amide bonds. The van der Waals surface area contributed by atoms with Crippen LogP contribution in [0.15, 0.2) is 41.1 Å². The highest BCUT2D eigenvalue weighted by Gasteiger charge is 2.14. The lowest BCUT2D eigenvalue weighted by molar-refractivity contribution is 0.0959. The van der Waals surface area contributed by atoms with Gasteiger partial charge in [0.05, 0.1) is 18.7 Å². The third kappa shape index (κ3) is 3.76. The van der Waals surface area contributed by atoms with Gasteiger partial charge in [0, 0.05) is 18.5 Å². The SMILES string of the molecule is O=C(NCC#CCN1CCc2ccccc2C1)c1ccsc1. The first-order valence-corrected chi connectivity index (χ1v) is 8.32. The molecule has 1 aliphatic heterocycles. The molecular weight excluding hydrogens is 292 g/mol. The van der Waals surface area contributed by atoms with Crippen molar-refractivity contribution in [2.24, 2.45) is 0 Å². The number of fused-ring (bicyclic) bond motifs is 1. The van der Waals surface area contributed by atoms with Crippen molar-refractivity contribution in [2.75, 3.05) is 19.6 Å². The van der Waals surface area contributed by atoms with Gasteiger partial charge in [0.25, 0.3) is 5.91 Å². The molecule has 0 unspecified atom stereocenters. The first kappa shape index (κ1) is 14.8. The summed E-state index contributed by atoms with van der Waals surface area (Å²) in [5, 5.41) is 6.55. The summed E-state index contributed by atoms with van der Waals surface area (Å²) >= 11 is 1.52. The fourth-order valence-corrected chi connectivity index (χ4v) is 3.18. The molecule has 112 valence electrons. The zero-order valence-corrected chi connectivity index (χ0v) is 13.2. The van der Waals surface area contributed by atoms with Crippen LogP contribution in [0.3, 0.4) is 0 Å². The highest BCUT2D eigenvalue weighted by molar-refractivity contribution is 7.08. The number of carbonyl (C=O) groups is 1. The number of thiophene rings is 1. The van der Waals surface area contributed by atoms with E-state index in [2.05, 4.69) is 46.3 Å². The number of hydrogen-bond acceptors (Lipinski definition) is 3. The van der Waals surface area contributed by atoms with Crippen LogP contribution in [-0.2, 0) is 13.0 Å². The number of nitrogens with one attached hydrogen (secondary N) is 1. The van der Waals surface area contributed by atoms with E-state index in [0.29, 0.717) is 12.1 Å². The minimum atomic E-state index is -0.0533. The van der Waals surface area contributed by atoms with E-state index in [1.54, 1.807) is 0 Å². The number of benzene rings is 1. The molecule has 0 fully saturated rings. The monoisotopic (exact) mass is 310 g/mol. The second kappa shape index (κ2) is 7.26. The predicted octanol–water partition coefficient (Wildman–Crippen LogP) is 2.54. The predicted molar refractivity (Wildman–Crippen MR) is 89.9 cm³/mol.